The van der Waals surface area contributed by atoms with Crippen LogP contribution in [0.5, 0.6) is 17.2 Å². The van der Waals surface area contributed by atoms with Crippen LogP contribution in [0.1, 0.15) is 40.4 Å². The lowest BCUT2D eigenvalue weighted by Gasteiger charge is -2.31. The molecule has 1 atom stereocenters. The fourth-order valence-corrected chi connectivity index (χ4v) is 5.14. The van der Waals surface area contributed by atoms with Gasteiger partial charge in [0, 0.05) is 13.1 Å². The number of aliphatic hydroxyl groups is 1. The minimum Gasteiger partial charge on any atom is -0.490 e. The molecule has 2 N–H and O–H groups in total. The van der Waals surface area contributed by atoms with Crippen molar-refractivity contribution in [3.63, 3.8) is 0 Å². The second kappa shape index (κ2) is 16.9. The number of rotatable bonds is 9. The first-order chi connectivity index (χ1) is 23.4. The summed E-state index contributed by atoms with van der Waals surface area (Å²) in [6.07, 6.45) is -4.53. The fourth-order valence-electron chi connectivity index (χ4n) is 5.14. The fraction of sp³-hybridized carbons (Fsp3) is 0.297. The zero-order valence-corrected chi connectivity index (χ0v) is 27.5. The van der Waals surface area contributed by atoms with E-state index in [0.29, 0.717) is 18.7 Å². The molecule has 4 aromatic rings. The maximum Gasteiger partial charge on any atom is 0.416 e. The van der Waals surface area contributed by atoms with E-state index in [1.165, 1.54) is 40.8 Å². The summed E-state index contributed by atoms with van der Waals surface area (Å²) in [5.41, 5.74) is 0.605. The number of ether oxygens (including phenoxy) is 2. The smallest absolute Gasteiger partial charge is 0.416 e. The van der Waals surface area contributed by atoms with Gasteiger partial charge in [0.15, 0.2) is 17.3 Å². The summed E-state index contributed by atoms with van der Waals surface area (Å²) in [6.45, 7) is 3.09. The standard InChI is InChI=1S/C22H23F3N2O4.C15H16FNO/c1-14(13-28)27-10-5-11-31-20-16(21(27)30)7-4-9-18(20)26-19(29)12-15-6-2-3-8-17(15)22(23,24)25;1-17(2)11-12-7-9-13(10-8-12)18-15-6-4-3-5-14(15)16/h2-4,6-9,14,28H,5,10-13H2,1H3,(H,26,29);3-10H,11H2,1-2H3/t14-;/m0./s1. The maximum absolute atomic E-state index is 13.4. The average molecular weight is 682 g/mol. The van der Waals surface area contributed by atoms with Crippen LogP contribution < -0.4 is 14.8 Å². The van der Waals surface area contributed by atoms with Gasteiger partial charge in [-0.3, -0.25) is 9.59 Å². The van der Waals surface area contributed by atoms with Gasteiger partial charge in [0.2, 0.25) is 5.91 Å². The number of halogens is 4. The summed E-state index contributed by atoms with van der Waals surface area (Å²) in [5.74, 6) is -0.311. The minimum atomic E-state index is -4.57. The van der Waals surface area contributed by atoms with Gasteiger partial charge in [-0.15, -0.1) is 0 Å². The van der Waals surface area contributed by atoms with Crippen LogP contribution in [0, 0.1) is 5.82 Å². The lowest BCUT2D eigenvalue weighted by molar-refractivity contribution is -0.138. The van der Waals surface area contributed by atoms with Crippen LogP contribution in [0.3, 0.4) is 0 Å². The van der Waals surface area contributed by atoms with E-state index >= 15 is 0 Å². The van der Waals surface area contributed by atoms with Crippen LogP contribution >= 0.6 is 0 Å². The SMILES string of the molecule is CN(C)Cc1ccc(Oc2ccccc2F)cc1.C[C@@H](CO)N1CCCOc2c(NC(=O)Cc3ccccc3C(F)(F)F)cccc2C1=O. The molecule has 49 heavy (non-hydrogen) atoms. The predicted molar refractivity (Wildman–Crippen MR) is 178 cm³/mol. The first kappa shape index (κ1) is 36.9. The number of alkyl halides is 3. The van der Waals surface area contributed by atoms with Crippen LogP contribution in [0.4, 0.5) is 23.2 Å². The predicted octanol–water partition coefficient (Wildman–Crippen LogP) is 7.17. The normalized spacial score (nSPS) is 13.7. The van der Waals surface area contributed by atoms with E-state index in [2.05, 4.69) is 10.2 Å². The number of aliphatic hydroxyl groups excluding tert-OH is 1. The molecular weight excluding hydrogens is 642 g/mol. The largest absolute Gasteiger partial charge is 0.490 e. The molecule has 0 saturated carbocycles. The van der Waals surface area contributed by atoms with E-state index in [-0.39, 0.29) is 53.3 Å². The highest BCUT2D eigenvalue weighted by Crippen LogP contribution is 2.34. The third-order valence-corrected chi connectivity index (χ3v) is 7.53. The number of carbonyl (C=O) groups is 2. The average Bonchev–Trinajstić information content (AvgIpc) is 3.05. The Bertz CT molecular complexity index is 1710. The summed E-state index contributed by atoms with van der Waals surface area (Å²) in [7, 11) is 4.04. The molecule has 0 spiro atoms. The van der Waals surface area contributed by atoms with Crippen LogP contribution in [0.15, 0.2) is 91.0 Å². The van der Waals surface area contributed by atoms with Gasteiger partial charge in [-0.2, -0.15) is 13.2 Å². The zero-order valence-electron chi connectivity index (χ0n) is 27.5. The zero-order chi connectivity index (χ0) is 35.6. The number of benzene rings is 4. The third-order valence-electron chi connectivity index (χ3n) is 7.53. The molecule has 5 rings (SSSR count). The number of fused-ring (bicyclic) bond motifs is 1. The van der Waals surface area contributed by atoms with Crippen molar-refractivity contribution in [2.75, 3.05) is 39.2 Å². The van der Waals surface area contributed by atoms with Gasteiger partial charge in [0.05, 0.1) is 42.5 Å². The Morgan fingerprint density at radius 2 is 1.69 bits per heavy atom. The Hall–Kier alpha value is -4.94. The number of amides is 2. The molecule has 2 amide bonds. The Morgan fingerprint density at radius 3 is 2.37 bits per heavy atom. The lowest BCUT2D eigenvalue weighted by atomic mass is 10.0. The maximum atomic E-state index is 13.4. The number of nitrogens with zero attached hydrogens (tertiary/aromatic N) is 2. The van der Waals surface area contributed by atoms with Gasteiger partial charge in [-0.25, -0.2) is 4.39 Å². The number of carbonyl (C=O) groups excluding carboxylic acids is 2. The van der Waals surface area contributed by atoms with Crippen LogP contribution in [0.2, 0.25) is 0 Å². The summed E-state index contributed by atoms with van der Waals surface area (Å²) >= 11 is 0. The highest BCUT2D eigenvalue weighted by atomic mass is 19.4. The quantitative estimate of drug-likeness (QED) is 0.182. The van der Waals surface area contributed by atoms with Gasteiger partial charge in [-0.05, 0) is 81.0 Å². The first-order valence-corrected chi connectivity index (χ1v) is 15.7. The summed E-state index contributed by atoms with van der Waals surface area (Å²) in [4.78, 5) is 29.1. The molecule has 4 aromatic carbocycles. The van der Waals surface area contributed by atoms with Gasteiger partial charge in [0.1, 0.15) is 5.75 Å². The minimum absolute atomic E-state index is 0.147. The van der Waals surface area contributed by atoms with Crippen molar-refractivity contribution in [3.8, 4) is 17.2 Å². The van der Waals surface area contributed by atoms with Crippen molar-refractivity contribution in [3.05, 3.63) is 119 Å². The first-order valence-electron chi connectivity index (χ1n) is 15.7. The third kappa shape index (κ3) is 10.3. The van der Waals surface area contributed by atoms with Crippen molar-refractivity contribution < 1.29 is 41.7 Å². The molecule has 0 aliphatic carbocycles. The topological polar surface area (TPSA) is 91.3 Å². The molecule has 0 fully saturated rings. The van der Waals surface area contributed by atoms with E-state index in [0.717, 1.165) is 12.6 Å². The number of hydrogen-bond acceptors (Lipinski definition) is 6. The Kier molecular flexibility index (Phi) is 12.8. The van der Waals surface area contributed by atoms with Gasteiger partial charge in [-0.1, -0.05) is 48.5 Å². The summed E-state index contributed by atoms with van der Waals surface area (Å²) < 4.78 is 64.2. The molecule has 1 aliphatic heterocycles. The van der Waals surface area contributed by atoms with E-state index in [4.69, 9.17) is 9.47 Å². The van der Waals surface area contributed by atoms with E-state index in [1.807, 2.05) is 38.4 Å². The highest BCUT2D eigenvalue weighted by molar-refractivity contribution is 6.02. The lowest BCUT2D eigenvalue weighted by Crippen LogP contribution is -2.42. The molecule has 8 nitrogen and oxygen atoms in total. The molecule has 1 heterocycles. The van der Waals surface area contributed by atoms with Crippen molar-refractivity contribution in [1.82, 2.24) is 9.80 Å². The molecular formula is C37H39F4N3O5. The van der Waals surface area contributed by atoms with Crippen molar-refractivity contribution in [1.29, 1.82) is 0 Å². The van der Waals surface area contributed by atoms with Crippen molar-refractivity contribution in [2.24, 2.45) is 0 Å². The number of nitrogens with one attached hydrogen (secondary N) is 1. The van der Waals surface area contributed by atoms with Crippen LogP contribution in [-0.4, -0.2) is 66.6 Å². The van der Waals surface area contributed by atoms with Crippen molar-refractivity contribution >= 4 is 17.5 Å². The van der Waals surface area contributed by atoms with Crippen LogP contribution in [-0.2, 0) is 23.9 Å². The molecule has 0 bridgehead atoms. The van der Waals surface area contributed by atoms with Crippen LogP contribution in [0.25, 0.3) is 0 Å². The van der Waals surface area contributed by atoms with E-state index in [1.54, 1.807) is 37.3 Å². The molecule has 1 aliphatic rings. The number of hydrogen-bond donors (Lipinski definition) is 2. The Labute approximate surface area is 282 Å². The van der Waals surface area contributed by atoms with Gasteiger partial charge < -0.3 is 29.7 Å². The van der Waals surface area contributed by atoms with E-state index < -0.39 is 30.1 Å². The Morgan fingerprint density at radius 1 is 1.00 bits per heavy atom. The Balaban J connectivity index is 0.000000254. The monoisotopic (exact) mass is 681 g/mol. The van der Waals surface area contributed by atoms with Gasteiger partial charge >= 0.3 is 6.18 Å². The molecule has 0 unspecified atom stereocenters. The van der Waals surface area contributed by atoms with Crippen molar-refractivity contribution in [2.45, 2.75) is 38.5 Å². The molecule has 260 valence electrons. The van der Waals surface area contributed by atoms with Gasteiger partial charge in [0.25, 0.3) is 5.91 Å². The highest BCUT2D eigenvalue weighted by Gasteiger charge is 2.33. The summed E-state index contributed by atoms with van der Waals surface area (Å²) in [6, 6.07) is 23.2. The molecule has 0 saturated heterocycles. The summed E-state index contributed by atoms with van der Waals surface area (Å²) in [5, 5.41) is 12.0. The van der Waals surface area contributed by atoms with E-state index in [9.17, 15) is 32.3 Å². The molecule has 0 aromatic heterocycles. The number of anilines is 1. The second-order valence-corrected chi connectivity index (χ2v) is 11.7. The number of para-hydroxylation sites is 2. The second-order valence-electron chi connectivity index (χ2n) is 11.7. The molecule has 0 radical (unpaired) electrons. The molecule has 12 heteroatoms.